The van der Waals surface area contributed by atoms with Gasteiger partial charge in [0, 0.05) is 43.7 Å². The Morgan fingerprint density at radius 3 is 2.79 bits per heavy atom. The highest BCUT2D eigenvalue weighted by Crippen LogP contribution is 2.35. The maximum atomic E-state index is 12.0. The molecule has 0 fully saturated rings. The van der Waals surface area contributed by atoms with Crippen molar-refractivity contribution in [3.05, 3.63) is 64.2 Å². The average Bonchev–Trinajstić information content (AvgIpc) is 2.84. The van der Waals surface area contributed by atoms with Crippen molar-refractivity contribution in [1.29, 1.82) is 0 Å². The van der Waals surface area contributed by atoms with Crippen LogP contribution in [0.2, 0.25) is 5.02 Å². The molecule has 29 heavy (non-hydrogen) atoms. The van der Waals surface area contributed by atoms with Crippen LogP contribution in [-0.4, -0.2) is 50.2 Å². The smallest absolute Gasteiger partial charge is 0.414 e. The normalized spacial score (nSPS) is 16.1. The SMILES string of the molecule is Cc1cc(OCCC2c3cccc(OC(=O)N(C)C)c3C=CCN2C)ccc1Cl. The first-order valence-electron chi connectivity index (χ1n) is 9.64. The highest BCUT2D eigenvalue weighted by atomic mass is 35.5. The van der Waals surface area contributed by atoms with Crippen LogP contribution in [0.25, 0.3) is 6.08 Å². The third-order valence-corrected chi connectivity index (χ3v) is 5.44. The molecule has 2 aromatic rings. The van der Waals surface area contributed by atoms with Crippen molar-refractivity contribution in [3.63, 3.8) is 0 Å². The fraction of sp³-hybridized carbons (Fsp3) is 0.348. The van der Waals surface area contributed by atoms with Gasteiger partial charge in [-0.3, -0.25) is 4.90 Å². The number of carbonyl (C=O) groups is 1. The Balaban J connectivity index is 1.78. The Kier molecular flexibility index (Phi) is 6.83. The van der Waals surface area contributed by atoms with Gasteiger partial charge in [-0.1, -0.05) is 35.9 Å². The summed E-state index contributed by atoms with van der Waals surface area (Å²) in [6.07, 6.45) is 4.54. The number of fused-ring (bicyclic) bond motifs is 1. The lowest BCUT2D eigenvalue weighted by atomic mass is 9.97. The highest BCUT2D eigenvalue weighted by Gasteiger charge is 2.24. The molecule has 0 saturated carbocycles. The molecular formula is C23H27ClN2O3. The maximum absolute atomic E-state index is 12.0. The van der Waals surface area contributed by atoms with Crippen molar-refractivity contribution < 1.29 is 14.3 Å². The molecule has 5 nitrogen and oxygen atoms in total. The highest BCUT2D eigenvalue weighted by molar-refractivity contribution is 6.31. The molecule has 0 N–H and O–H groups in total. The van der Waals surface area contributed by atoms with Crippen molar-refractivity contribution >= 4 is 23.8 Å². The number of hydrogen-bond acceptors (Lipinski definition) is 4. The van der Waals surface area contributed by atoms with Crippen LogP contribution >= 0.6 is 11.6 Å². The minimum absolute atomic E-state index is 0.145. The lowest BCUT2D eigenvalue weighted by Gasteiger charge is -2.28. The summed E-state index contributed by atoms with van der Waals surface area (Å²) in [5, 5.41) is 0.737. The van der Waals surface area contributed by atoms with Crippen LogP contribution < -0.4 is 9.47 Å². The number of amides is 1. The van der Waals surface area contributed by atoms with Crippen molar-refractivity contribution in [2.75, 3.05) is 34.3 Å². The van der Waals surface area contributed by atoms with Crippen LogP contribution in [0.15, 0.2) is 42.5 Å². The predicted molar refractivity (Wildman–Crippen MR) is 117 cm³/mol. The number of halogens is 1. The Morgan fingerprint density at radius 2 is 2.07 bits per heavy atom. The molecule has 0 bridgehead atoms. The third kappa shape index (κ3) is 5.11. The van der Waals surface area contributed by atoms with Gasteiger partial charge in [0.05, 0.1) is 6.61 Å². The van der Waals surface area contributed by atoms with Gasteiger partial charge in [0.25, 0.3) is 0 Å². The van der Waals surface area contributed by atoms with E-state index in [1.807, 2.05) is 43.3 Å². The van der Waals surface area contributed by atoms with E-state index in [4.69, 9.17) is 21.1 Å². The maximum Gasteiger partial charge on any atom is 0.414 e. The first-order valence-corrected chi connectivity index (χ1v) is 10.0. The number of nitrogens with zero attached hydrogens (tertiary/aromatic N) is 2. The summed E-state index contributed by atoms with van der Waals surface area (Å²) in [6, 6.07) is 11.7. The molecule has 0 aromatic heterocycles. The number of hydrogen-bond donors (Lipinski definition) is 0. The lowest BCUT2D eigenvalue weighted by Crippen LogP contribution is -2.27. The van der Waals surface area contributed by atoms with Gasteiger partial charge in [-0.15, -0.1) is 0 Å². The van der Waals surface area contributed by atoms with Crippen molar-refractivity contribution in [2.24, 2.45) is 0 Å². The molecule has 6 heteroatoms. The second kappa shape index (κ2) is 9.33. The van der Waals surface area contributed by atoms with Gasteiger partial charge in [-0.2, -0.15) is 0 Å². The largest absolute Gasteiger partial charge is 0.494 e. The van der Waals surface area contributed by atoms with Crippen LogP contribution in [0, 0.1) is 6.92 Å². The second-order valence-electron chi connectivity index (χ2n) is 7.43. The topological polar surface area (TPSA) is 42.0 Å². The first kappa shape index (κ1) is 21.2. The molecule has 1 heterocycles. The second-order valence-corrected chi connectivity index (χ2v) is 7.83. The van der Waals surface area contributed by atoms with E-state index >= 15 is 0 Å². The number of benzene rings is 2. The summed E-state index contributed by atoms with van der Waals surface area (Å²) in [5.41, 5.74) is 3.07. The summed E-state index contributed by atoms with van der Waals surface area (Å²) in [5.74, 6) is 1.39. The number of ether oxygens (including phenoxy) is 2. The Morgan fingerprint density at radius 1 is 1.28 bits per heavy atom. The molecule has 154 valence electrons. The van der Waals surface area contributed by atoms with Gasteiger partial charge in [0.2, 0.25) is 0 Å². The summed E-state index contributed by atoms with van der Waals surface area (Å²) < 4.78 is 11.6. The summed E-state index contributed by atoms with van der Waals surface area (Å²) in [4.78, 5) is 15.7. The van der Waals surface area contributed by atoms with Crippen LogP contribution in [0.4, 0.5) is 4.79 Å². The number of likely N-dealkylation sites (N-methyl/N-ethyl adjacent to an activating group) is 1. The minimum atomic E-state index is -0.387. The van der Waals surface area contributed by atoms with Crippen LogP contribution in [0.3, 0.4) is 0 Å². The number of rotatable bonds is 5. The molecule has 3 rings (SSSR count). The van der Waals surface area contributed by atoms with Gasteiger partial charge < -0.3 is 14.4 Å². The standard InChI is InChI=1S/C23H27ClN2O3/c1-16-15-17(10-11-20(16)24)28-14-12-21-18-7-5-9-22(29-23(27)25(2)3)19(18)8-6-13-26(21)4/h5-11,15,21H,12-14H2,1-4H3. The Labute approximate surface area is 177 Å². The molecule has 1 unspecified atom stereocenters. The third-order valence-electron chi connectivity index (χ3n) is 5.02. The van der Waals surface area contributed by atoms with E-state index in [2.05, 4.69) is 24.1 Å². The molecule has 1 aliphatic heterocycles. The van der Waals surface area contributed by atoms with Gasteiger partial charge in [0.15, 0.2) is 0 Å². The molecule has 1 amide bonds. The van der Waals surface area contributed by atoms with E-state index in [9.17, 15) is 4.79 Å². The van der Waals surface area contributed by atoms with Crippen LogP contribution in [0.1, 0.15) is 29.2 Å². The van der Waals surface area contributed by atoms with E-state index in [0.29, 0.717) is 12.4 Å². The zero-order chi connectivity index (χ0) is 21.0. The molecular weight excluding hydrogens is 388 g/mol. The van der Waals surface area contributed by atoms with Crippen molar-refractivity contribution in [1.82, 2.24) is 9.80 Å². The molecule has 2 aromatic carbocycles. The fourth-order valence-electron chi connectivity index (χ4n) is 3.38. The zero-order valence-electron chi connectivity index (χ0n) is 17.3. The molecule has 0 spiro atoms. The van der Waals surface area contributed by atoms with Gasteiger partial charge >= 0.3 is 6.09 Å². The summed E-state index contributed by atoms with van der Waals surface area (Å²) >= 11 is 6.09. The molecule has 0 saturated heterocycles. The van der Waals surface area contributed by atoms with Gasteiger partial charge in [0.1, 0.15) is 11.5 Å². The summed E-state index contributed by atoms with van der Waals surface area (Å²) in [6.45, 7) is 3.34. The Hall–Kier alpha value is -2.50. The number of aryl methyl sites for hydroxylation is 1. The zero-order valence-corrected chi connectivity index (χ0v) is 18.1. The average molecular weight is 415 g/mol. The molecule has 0 aliphatic carbocycles. The first-order chi connectivity index (χ1) is 13.9. The van der Waals surface area contributed by atoms with Crippen molar-refractivity contribution in [3.8, 4) is 11.5 Å². The van der Waals surface area contributed by atoms with Crippen molar-refractivity contribution in [2.45, 2.75) is 19.4 Å². The van der Waals surface area contributed by atoms with Crippen LogP contribution in [0.5, 0.6) is 11.5 Å². The lowest BCUT2D eigenvalue weighted by molar-refractivity contribution is 0.171. The molecule has 0 radical (unpaired) electrons. The van der Waals surface area contributed by atoms with E-state index < -0.39 is 0 Å². The van der Waals surface area contributed by atoms with Gasteiger partial charge in [-0.25, -0.2) is 4.79 Å². The monoisotopic (exact) mass is 414 g/mol. The van der Waals surface area contributed by atoms with Gasteiger partial charge in [-0.05, 0) is 49.4 Å². The van der Waals surface area contributed by atoms with E-state index in [0.717, 1.165) is 40.4 Å². The minimum Gasteiger partial charge on any atom is -0.494 e. The number of carbonyl (C=O) groups excluding carboxylic acids is 1. The fourth-order valence-corrected chi connectivity index (χ4v) is 3.49. The Bertz CT molecular complexity index is 911. The van der Waals surface area contributed by atoms with E-state index in [1.165, 1.54) is 4.90 Å². The molecule has 1 aliphatic rings. The predicted octanol–water partition coefficient (Wildman–Crippen LogP) is 5.18. The van der Waals surface area contributed by atoms with Crippen LogP contribution in [-0.2, 0) is 0 Å². The van der Waals surface area contributed by atoms with E-state index in [1.54, 1.807) is 14.1 Å². The van der Waals surface area contributed by atoms with E-state index in [-0.39, 0.29) is 12.1 Å². The summed E-state index contributed by atoms with van der Waals surface area (Å²) in [7, 11) is 5.44. The quantitative estimate of drug-likeness (QED) is 0.676. The molecule has 1 atom stereocenters.